The van der Waals surface area contributed by atoms with Crippen LogP contribution in [-0.4, -0.2) is 20.7 Å². The molecule has 136 valence electrons. The summed E-state index contributed by atoms with van der Waals surface area (Å²) in [6.45, 7) is 10.9. The van der Waals surface area contributed by atoms with Crippen LogP contribution < -0.4 is 5.32 Å². The molecule has 0 radical (unpaired) electrons. The molecule has 1 N–H and O–H groups in total. The second-order valence-corrected chi connectivity index (χ2v) is 6.94. The Morgan fingerprint density at radius 3 is 2.62 bits per heavy atom. The highest BCUT2D eigenvalue weighted by Gasteiger charge is 2.19. The second-order valence-electron chi connectivity index (χ2n) is 6.94. The number of fused-ring (bicyclic) bond motifs is 1. The van der Waals surface area contributed by atoms with Crippen molar-refractivity contribution in [1.29, 1.82) is 0 Å². The van der Waals surface area contributed by atoms with Gasteiger partial charge in [0.2, 0.25) is 0 Å². The van der Waals surface area contributed by atoms with E-state index >= 15 is 0 Å². The van der Waals surface area contributed by atoms with Gasteiger partial charge in [-0.05, 0) is 51.8 Å². The standard InChI is InChI=1S/C21H26N4O/c1-6-7-10-25-20-19(16(5)24-25)17(12-15(4)22-20)21(26)23-18-9-8-13(2)11-14(18)3/h8-9,11-12H,6-7,10H2,1-5H3,(H,23,26). The van der Waals surface area contributed by atoms with Crippen molar-refractivity contribution >= 4 is 22.6 Å². The quantitative estimate of drug-likeness (QED) is 0.724. The summed E-state index contributed by atoms with van der Waals surface area (Å²) in [5.41, 5.74) is 6.15. The van der Waals surface area contributed by atoms with Crippen molar-refractivity contribution < 1.29 is 4.79 Å². The fourth-order valence-electron chi connectivity index (χ4n) is 3.26. The van der Waals surface area contributed by atoms with E-state index in [4.69, 9.17) is 0 Å². The maximum Gasteiger partial charge on any atom is 0.256 e. The SMILES string of the molecule is CCCCn1nc(C)c2c(C(=O)Nc3ccc(C)cc3C)cc(C)nc21. The predicted molar refractivity (Wildman–Crippen MR) is 106 cm³/mol. The Labute approximate surface area is 154 Å². The van der Waals surface area contributed by atoms with Gasteiger partial charge >= 0.3 is 0 Å². The molecule has 0 aliphatic rings. The number of pyridine rings is 1. The third-order valence-electron chi connectivity index (χ3n) is 4.60. The van der Waals surface area contributed by atoms with Crippen LogP contribution in [0.3, 0.4) is 0 Å². The third-order valence-corrected chi connectivity index (χ3v) is 4.60. The largest absolute Gasteiger partial charge is 0.322 e. The Morgan fingerprint density at radius 1 is 1.15 bits per heavy atom. The Hall–Kier alpha value is -2.69. The summed E-state index contributed by atoms with van der Waals surface area (Å²) in [4.78, 5) is 17.7. The van der Waals surface area contributed by atoms with E-state index in [0.717, 1.165) is 53.1 Å². The first-order valence-electron chi connectivity index (χ1n) is 9.14. The molecule has 0 fully saturated rings. The van der Waals surface area contributed by atoms with Crippen molar-refractivity contribution in [2.45, 2.75) is 54.0 Å². The number of unbranched alkanes of at least 4 members (excludes halogenated alkanes) is 1. The summed E-state index contributed by atoms with van der Waals surface area (Å²) in [6.07, 6.45) is 2.13. The van der Waals surface area contributed by atoms with Gasteiger partial charge in [0.05, 0.1) is 16.6 Å². The van der Waals surface area contributed by atoms with Gasteiger partial charge in [-0.15, -0.1) is 0 Å². The van der Waals surface area contributed by atoms with Crippen molar-refractivity contribution in [2.24, 2.45) is 0 Å². The molecule has 3 rings (SSSR count). The Morgan fingerprint density at radius 2 is 1.92 bits per heavy atom. The average molecular weight is 350 g/mol. The zero-order chi connectivity index (χ0) is 18.8. The third kappa shape index (κ3) is 3.47. The van der Waals surface area contributed by atoms with Crippen LogP contribution in [0.1, 0.15) is 52.6 Å². The van der Waals surface area contributed by atoms with Gasteiger partial charge in [0.25, 0.3) is 5.91 Å². The number of rotatable bonds is 5. The summed E-state index contributed by atoms with van der Waals surface area (Å²) < 4.78 is 1.93. The summed E-state index contributed by atoms with van der Waals surface area (Å²) in [5.74, 6) is -0.120. The molecule has 0 bridgehead atoms. The molecule has 5 nitrogen and oxygen atoms in total. The molecule has 2 aromatic heterocycles. The summed E-state index contributed by atoms with van der Waals surface area (Å²) in [5, 5.41) is 8.51. The lowest BCUT2D eigenvalue weighted by molar-refractivity contribution is 0.102. The molecule has 1 amide bonds. The predicted octanol–water partition coefficient (Wildman–Crippen LogP) is 4.72. The Balaban J connectivity index is 2.03. The number of nitrogens with zero attached hydrogens (tertiary/aromatic N) is 3. The molecule has 1 aromatic carbocycles. The molecule has 0 aliphatic heterocycles. The number of aromatic nitrogens is 3. The lowest BCUT2D eigenvalue weighted by atomic mass is 10.1. The smallest absolute Gasteiger partial charge is 0.256 e. The van der Waals surface area contributed by atoms with Crippen molar-refractivity contribution in [3.8, 4) is 0 Å². The van der Waals surface area contributed by atoms with Crippen molar-refractivity contribution in [3.05, 3.63) is 52.3 Å². The van der Waals surface area contributed by atoms with Gasteiger partial charge in [0.15, 0.2) is 5.65 Å². The van der Waals surface area contributed by atoms with E-state index in [1.165, 1.54) is 5.56 Å². The summed E-state index contributed by atoms with van der Waals surface area (Å²) >= 11 is 0. The van der Waals surface area contributed by atoms with Crippen molar-refractivity contribution in [1.82, 2.24) is 14.8 Å². The lowest BCUT2D eigenvalue weighted by Crippen LogP contribution is -2.14. The minimum atomic E-state index is -0.120. The van der Waals surface area contributed by atoms with Crippen LogP contribution in [0, 0.1) is 27.7 Å². The average Bonchev–Trinajstić information content (AvgIpc) is 2.90. The maximum absolute atomic E-state index is 13.0. The lowest BCUT2D eigenvalue weighted by Gasteiger charge is -2.11. The molecule has 0 unspecified atom stereocenters. The molecule has 0 saturated carbocycles. The van der Waals surface area contributed by atoms with Gasteiger partial charge in [-0.1, -0.05) is 31.0 Å². The first kappa shape index (κ1) is 18.1. The Kier molecular flexibility index (Phi) is 5.07. The zero-order valence-corrected chi connectivity index (χ0v) is 16.2. The second kappa shape index (κ2) is 7.28. The van der Waals surface area contributed by atoms with Crippen LogP contribution in [0.2, 0.25) is 0 Å². The fourth-order valence-corrected chi connectivity index (χ4v) is 3.26. The number of benzene rings is 1. The summed E-state index contributed by atoms with van der Waals surface area (Å²) in [7, 11) is 0. The molecule has 0 atom stereocenters. The highest BCUT2D eigenvalue weighted by atomic mass is 16.1. The van der Waals surface area contributed by atoms with Gasteiger partial charge in [-0.25, -0.2) is 9.67 Å². The fraction of sp³-hybridized carbons (Fsp3) is 0.381. The van der Waals surface area contributed by atoms with E-state index in [1.54, 1.807) is 0 Å². The number of hydrogen-bond donors (Lipinski definition) is 1. The number of nitrogens with one attached hydrogen (secondary N) is 1. The highest BCUT2D eigenvalue weighted by Crippen LogP contribution is 2.24. The number of carbonyl (C=O) groups is 1. The first-order chi connectivity index (χ1) is 12.4. The molecular weight excluding hydrogens is 324 g/mol. The maximum atomic E-state index is 13.0. The van der Waals surface area contributed by atoms with Crippen molar-refractivity contribution in [3.63, 3.8) is 0 Å². The van der Waals surface area contributed by atoms with Crippen molar-refractivity contribution in [2.75, 3.05) is 5.32 Å². The molecule has 5 heteroatoms. The molecule has 26 heavy (non-hydrogen) atoms. The number of hydrogen-bond acceptors (Lipinski definition) is 3. The van der Waals surface area contributed by atoms with Gasteiger partial charge < -0.3 is 5.32 Å². The van der Waals surface area contributed by atoms with Crippen LogP contribution in [-0.2, 0) is 6.54 Å². The minimum absolute atomic E-state index is 0.120. The molecule has 0 spiro atoms. The monoisotopic (exact) mass is 350 g/mol. The van der Waals surface area contributed by atoms with Gasteiger partial charge in [-0.3, -0.25) is 4.79 Å². The minimum Gasteiger partial charge on any atom is -0.322 e. The molecule has 0 saturated heterocycles. The van der Waals surface area contributed by atoms with Crippen LogP contribution in [0.5, 0.6) is 0 Å². The van der Waals surface area contributed by atoms with Gasteiger partial charge in [0.1, 0.15) is 0 Å². The number of anilines is 1. The van der Waals surface area contributed by atoms with E-state index in [1.807, 2.05) is 50.6 Å². The van der Waals surface area contributed by atoms with E-state index in [9.17, 15) is 4.79 Å². The Bertz CT molecular complexity index is 972. The van der Waals surface area contributed by atoms with Crippen LogP contribution >= 0.6 is 0 Å². The van der Waals surface area contributed by atoms with Crippen LogP contribution in [0.4, 0.5) is 5.69 Å². The van der Waals surface area contributed by atoms with Crippen LogP contribution in [0.25, 0.3) is 11.0 Å². The number of aryl methyl sites for hydroxylation is 5. The molecule has 3 aromatic rings. The van der Waals surface area contributed by atoms with E-state index in [-0.39, 0.29) is 5.91 Å². The topological polar surface area (TPSA) is 59.8 Å². The number of amides is 1. The van der Waals surface area contributed by atoms with E-state index in [2.05, 4.69) is 28.4 Å². The zero-order valence-electron chi connectivity index (χ0n) is 16.2. The molecule has 0 aliphatic carbocycles. The highest BCUT2D eigenvalue weighted by molar-refractivity contribution is 6.12. The summed E-state index contributed by atoms with van der Waals surface area (Å²) in [6, 6.07) is 7.87. The van der Waals surface area contributed by atoms with E-state index in [0.29, 0.717) is 5.56 Å². The van der Waals surface area contributed by atoms with Gasteiger partial charge in [-0.2, -0.15) is 5.10 Å². The van der Waals surface area contributed by atoms with E-state index < -0.39 is 0 Å². The normalized spacial score (nSPS) is 11.1. The molecular formula is C21H26N4O. The van der Waals surface area contributed by atoms with Gasteiger partial charge in [0, 0.05) is 17.9 Å². The molecule has 2 heterocycles. The number of carbonyl (C=O) groups excluding carboxylic acids is 1. The first-order valence-corrected chi connectivity index (χ1v) is 9.14. The van der Waals surface area contributed by atoms with Crippen LogP contribution in [0.15, 0.2) is 24.3 Å².